The van der Waals surface area contributed by atoms with Crippen molar-refractivity contribution < 1.29 is 0 Å². The normalized spacial score (nSPS) is 12.8. The van der Waals surface area contributed by atoms with Crippen LogP contribution in [0.25, 0.3) is 16.7 Å². The van der Waals surface area contributed by atoms with Gasteiger partial charge in [0.2, 0.25) is 0 Å². The summed E-state index contributed by atoms with van der Waals surface area (Å²) in [6, 6.07) is 12.0. The number of fused-ring (bicyclic) bond motifs is 1. The minimum Gasteiger partial charge on any atom is -0.324 e. The molecule has 3 aromatic rings. The number of aromatic nitrogens is 3. The average Bonchev–Trinajstić information content (AvgIpc) is 2.82. The summed E-state index contributed by atoms with van der Waals surface area (Å²) >= 11 is 0. The molecule has 0 saturated carbocycles. The molecule has 4 heteroatoms. The molecule has 0 saturated heterocycles. The molecule has 90 valence electrons. The van der Waals surface area contributed by atoms with E-state index >= 15 is 0 Å². The van der Waals surface area contributed by atoms with Crippen LogP contribution < -0.4 is 5.73 Å². The summed E-state index contributed by atoms with van der Waals surface area (Å²) in [5.74, 6) is 0.806. The molecule has 0 radical (unpaired) electrons. The van der Waals surface area contributed by atoms with Crippen molar-refractivity contribution in [3.05, 3.63) is 54.4 Å². The van der Waals surface area contributed by atoms with Gasteiger partial charge in [0, 0.05) is 17.6 Å². The molecule has 0 amide bonds. The molecular weight excluding hydrogens is 224 g/mol. The Bertz CT molecular complexity index is 668. The van der Waals surface area contributed by atoms with Crippen LogP contribution in [0.15, 0.2) is 48.8 Å². The smallest absolute Gasteiger partial charge is 0.153 e. The third-order valence-corrected chi connectivity index (χ3v) is 2.99. The highest BCUT2D eigenvalue weighted by atomic mass is 15.3. The van der Waals surface area contributed by atoms with E-state index < -0.39 is 0 Å². The standard InChI is InChI=1S/C14H14N4/c1-10(15)11-6-7-14(16-8-11)18-13-5-3-2-4-12(13)9-17-18/h2-10H,15H2,1H3/t10-/m0/s1. The lowest BCUT2D eigenvalue weighted by molar-refractivity contribution is 0.802. The van der Waals surface area contributed by atoms with Crippen molar-refractivity contribution in [1.82, 2.24) is 14.8 Å². The first-order chi connectivity index (χ1) is 8.75. The van der Waals surface area contributed by atoms with Gasteiger partial charge < -0.3 is 5.73 Å². The summed E-state index contributed by atoms with van der Waals surface area (Å²) in [6.45, 7) is 1.94. The van der Waals surface area contributed by atoms with E-state index in [4.69, 9.17) is 5.73 Å². The molecule has 0 spiro atoms. The van der Waals surface area contributed by atoms with Crippen molar-refractivity contribution in [3.8, 4) is 5.82 Å². The molecule has 1 aromatic carbocycles. The summed E-state index contributed by atoms with van der Waals surface area (Å²) in [4.78, 5) is 4.41. The highest BCUT2D eigenvalue weighted by molar-refractivity contribution is 5.79. The summed E-state index contributed by atoms with van der Waals surface area (Å²) in [6.07, 6.45) is 3.65. The van der Waals surface area contributed by atoms with Crippen molar-refractivity contribution in [2.24, 2.45) is 5.73 Å². The molecule has 2 heterocycles. The van der Waals surface area contributed by atoms with Gasteiger partial charge in [-0.05, 0) is 24.6 Å². The van der Waals surface area contributed by atoms with Crippen LogP contribution >= 0.6 is 0 Å². The number of nitrogens with two attached hydrogens (primary N) is 1. The molecule has 2 N–H and O–H groups in total. The summed E-state index contributed by atoms with van der Waals surface area (Å²) in [7, 11) is 0. The molecule has 0 aliphatic heterocycles. The number of nitrogens with zero attached hydrogens (tertiary/aromatic N) is 3. The molecule has 0 bridgehead atoms. The third-order valence-electron chi connectivity index (χ3n) is 2.99. The Kier molecular flexibility index (Phi) is 2.57. The lowest BCUT2D eigenvalue weighted by atomic mass is 10.1. The van der Waals surface area contributed by atoms with E-state index in [1.807, 2.05) is 54.2 Å². The van der Waals surface area contributed by atoms with Gasteiger partial charge in [-0.2, -0.15) is 5.10 Å². The van der Waals surface area contributed by atoms with Crippen LogP contribution in [0.1, 0.15) is 18.5 Å². The minimum absolute atomic E-state index is 0.000848. The molecule has 4 nitrogen and oxygen atoms in total. The summed E-state index contributed by atoms with van der Waals surface area (Å²) in [5, 5.41) is 5.47. The summed E-state index contributed by atoms with van der Waals surface area (Å²) < 4.78 is 1.83. The van der Waals surface area contributed by atoms with E-state index in [0.29, 0.717) is 0 Å². The summed E-state index contributed by atoms with van der Waals surface area (Å²) in [5.41, 5.74) is 7.89. The maximum Gasteiger partial charge on any atom is 0.153 e. The highest BCUT2D eigenvalue weighted by Crippen LogP contribution is 2.17. The fourth-order valence-electron chi connectivity index (χ4n) is 1.95. The molecule has 0 fully saturated rings. The lowest BCUT2D eigenvalue weighted by Gasteiger charge is -2.06. The Morgan fingerprint density at radius 3 is 2.67 bits per heavy atom. The second-order valence-electron chi connectivity index (χ2n) is 4.35. The van der Waals surface area contributed by atoms with Crippen LogP contribution in [0, 0.1) is 0 Å². The third kappa shape index (κ3) is 1.76. The predicted octanol–water partition coefficient (Wildman–Crippen LogP) is 2.44. The molecule has 0 aliphatic rings. The number of pyridine rings is 1. The zero-order valence-corrected chi connectivity index (χ0v) is 10.1. The van der Waals surface area contributed by atoms with Crippen molar-refractivity contribution in [2.75, 3.05) is 0 Å². The van der Waals surface area contributed by atoms with Gasteiger partial charge in [-0.25, -0.2) is 9.67 Å². The van der Waals surface area contributed by atoms with Crippen LogP contribution in [-0.2, 0) is 0 Å². The molecule has 0 aliphatic carbocycles. The van der Waals surface area contributed by atoms with E-state index in [2.05, 4.69) is 10.1 Å². The second-order valence-corrected chi connectivity index (χ2v) is 4.35. The second kappa shape index (κ2) is 4.23. The Balaban J connectivity index is 2.09. The largest absolute Gasteiger partial charge is 0.324 e. The van der Waals surface area contributed by atoms with Crippen molar-refractivity contribution in [2.45, 2.75) is 13.0 Å². The first-order valence-electron chi connectivity index (χ1n) is 5.90. The van der Waals surface area contributed by atoms with E-state index in [1.165, 1.54) is 0 Å². The van der Waals surface area contributed by atoms with Crippen LogP contribution in [0.3, 0.4) is 0 Å². The van der Waals surface area contributed by atoms with Gasteiger partial charge in [-0.3, -0.25) is 0 Å². The molecule has 1 atom stereocenters. The zero-order valence-electron chi connectivity index (χ0n) is 10.1. The number of hydrogen-bond donors (Lipinski definition) is 1. The molecule has 18 heavy (non-hydrogen) atoms. The van der Waals surface area contributed by atoms with Crippen LogP contribution in [-0.4, -0.2) is 14.8 Å². The van der Waals surface area contributed by atoms with Crippen LogP contribution in [0.4, 0.5) is 0 Å². The number of hydrogen-bond acceptors (Lipinski definition) is 3. The van der Waals surface area contributed by atoms with Gasteiger partial charge in [0.15, 0.2) is 5.82 Å². The molecule has 3 rings (SSSR count). The van der Waals surface area contributed by atoms with E-state index in [9.17, 15) is 0 Å². The van der Waals surface area contributed by atoms with E-state index in [-0.39, 0.29) is 6.04 Å². The van der Waals surface area contributed by atoms with Gasteiger partial charge in [0.1, 0.15) is 0 Å². The zero-order chi connectivity index (χ0) is 12.5. The highest BCUT2D eigenvalue weighted by Gasteiger charge is 2.06. The first-order valence-corrected chi connectivity index (χ1v) is 5.90. The van der Waals surface area contributed by atoms with Crippen molar-refractivity contribution in [1.29, 1.82) is 0 Å². The van der Waals surface area contributed by atoms with Gasteiger partial charge in [0.05, 0.1) is 11.7 Å². The first kappa shape index (κ1) is 10.9. The Morgan fingerprint density at radius 1 is 1.11 bits per heavy atom. The number of benzene rings is 1. The fraction of sp³-hybridized carbons (Fsp3) is 0.143. The SMILES string of the molecule is C[C@H](N)c1ccc(-n2ncc3ccccc32)nc1. The van der Waals surface area contributed by atoms with Gasteiger partial charge in [0.25, 0.3) is 0 Å². The maximum absolute atomic E-state index is 5.81. The Labute approximate surface area is 105 Å². The van der Waals surface area contributed by atoms with Crippen LogP contribution in [0.2, 0.25) is 0 Å². The van der Waals surface area contributed by atoms with E-state index in [1.54, 1.807) is 6.20 Å². The quantitative estimate of drug-likeness (QED) is 0.746. The minimum atomic E-state index is 0.000848. The lowest BCUT2D eigenvalue weighted by Crippen LogP contribution is -2.06. The van der Waals surface area contributed by atoms with Crippen LogP contribution in [0.5, 0.6) is 0 Å². The molecule has 2 aromatic heterocycles. The maximum atomic E-state index is 5.81. The van der Waals surface area contributed by atoms with Gasteiger partial charge in [-0.1, -0.05) is 24.3 Å². The Morgan fingerprint density at radius 2 is 1.94 bits per heavy atom. The molecular formula is C14H14N4. The average molecular weight is 238 g/mol. The predicted molar refractivity (Wildman–Crippen MR) is 71.5 cm³/mol. The van der Waals surface area contributed by atoms with E-state index in [0.717, 1.165) is 22.3 Å². The Hall–Kier alpha value is -2.20. The fourth-order valence-corrected chi connectivity index (χ4v) is 1.95. The van der Waals surface area contributed by atoms with Gasteiger partial charge in [-0.15, -0.1) is 0 Å². The monoisotopic (exact) mass is 238 g/mol. The topological polar surface area (TPSA) is 56.7 Å². The van der Waals surface area contributed by atoms with Gasteiger partial charge >= 0.3 is 0 Å². The number of para-hydroxylation sites is 1. The molecule has 0 unspecified atom stereocenters. The van der Waals surface area contributed by atoms with Crippen molar-refractivity contribution in [3.63, 3.8) is 0 Å². The number of rotatable bonds is 2. The van der Waals surface area contributed by atoms with Crippen molar-refractivity contribution >= 4 is 10.9 Å².